The monoisotopic (exact) mass is 353 g/mol. The van der Waals surface area contributed by atoms with E-state index in [-0.39, 0.29) is 5.82 Å². The molecule has 2 rings (SSSR count). The molecule has 0 aliphatic rings. The van der Waals surface area contributed by atoms with E-state index < -0.39 is 0 Å². The molecule has 0 aliphatic carbocycles. The summed E-state index contributed by atoms with van der Waals surface area (Å²) in [5.41, 5.74) is 2.24. The highest BCUT2D eigenvalue weighted by molar-refractivity contribution is 9.10. The van der Waals surface area contributed by atoms with Crippen LogP contribution >= 0.6 is 15.9 Å². The van der Waals surface area contributed by atoms with Gasteiger partial charge in [-0.3, -0.25) is 0 Å². The van der Waals surface area contributed by atoms with Crippen LogP contribution in [0.15, 0.2) is 34.8 Å². The lowest BCUT2D eigenvalue weighted by Crippen LogP contribution is -2.07. The van der Waals surface area contributed by atoms with Gasteiger partial charge in [0.05, 0.1) is 14.2 Å². The predicted octanol–water partition coefficient (Wildman–Crippen LogP) is 3.99. The van der Waals surface area contributed by atoms with Crippen LogP contribution in [0.25, 0.3) is 11.1 Å². The maximum atomic E-state index is 14.2. The molecule has 0 radical (unpaired) electrons. The molecule has 0 unspecified atom stereocenters. The molecule has 0 fully saturated rings. The van der Waals surface area contributed by atoms with Crippen LogP contribution in [0, 0.1) is 5.82 Å². The SMILES string of the molecule is CNCc1cc(OC)c(OC)cc1-c1cc(Br)ccc1F. The fraction of sp³-hybridized carbons (Fsp3) is 0.250. The Labute approximate surface area is 132 Å². The van der Waals surface area contributed by atoms with Gasteiger partial charge in [0.25, 0.3) is 0 Å². The largest absolute Gasteiger partial charge is 0.493 e. The van der Waals surface area contributed by atoms with Crippen LogP contribution in [0.5, 0.6) is 11.5 Å². The summed E-state index contributed by atoms with van der Waals surface area (Å²) >= 11 is 3.38. The standard InChI is InChI=1S/C16H17BrFNO2/c1-19-9-10-6-15(20-2)16(21-3)8-12(10)13-7-11(17)4-5-14(13)18/h4-8,19H,9H2,1-3H3. The second-order valence-electron chi connectivity index (χ2n) is 4.52. The summed E-state index contributed by atoms with van der Waals surface area (Å²) in [6.45, 7) is 0.599. The van der Waals surface area contributed by atoms with E-state index in [1.54, 1.807) is 32.4 Å². The smallest absolute Gasteiger partial charge is 0.161 e. The second-order valence-corrected chi connectivity index (χ2v) is 5.43. The van der Waals surface area contributed by atoms with Crippen LogP contribution in [-0.2, 0) is 6.54 Å². The van der Waals surface area contributed by atoms with Crippen molar-refractivity contribution >= 4 is 15.9 Å². The summed E-state index contributed by atoms with van der Waals surface area (Å²) < 4.78 is 25.6. The van der Waals surface area contributed by atoms with Crippen LogP contribution in [0.2, 0.25) is 0 Å². The Morgan fingerprint density at radius 3 is 2.33 bits per heavy atom. The van der Waals surface area contributed by atoms with Gasteiger partial charge >= 0.3 is 0 Å². The topological polar surface area (TPSA) is 30.5 Å². The third kappa shape index (κ3) is 3.36. The Balaban J connectivity index is 2.67. The van der Waals surface area contributed by atoms with E-state index in [1.807, 2.05) is 13.1 Å². The normalized spacial score (nSPS) is 10.5. The van der Waals surface area contributed by atoms with Crippen LogP contribution in [0.1, 0.15) is 5.56 Å². The van der Waals surface area contributed by atoms with Crippen molar-refractivity contribution in [3.05, 3.63) is 46.2 Å². The summed E-state index contributed by atoms with van der Waals surface area (Å²) in [7, 11) is 4.99. The predicted molar refractivity (Wildman–Crippen MR) is 85.4 cm³/mol. The lowest BCUT2D eigenvalue weighted by Gasteiger charge is -2.16. The Bertz CT molecular complexity index is 646. The molecule has 3 nitrogen and oxygen atoms in total. The van der Waals surface area contributed by atoms with Crippen LogP contribution in [-0.4, -0.2) is 21.3 Å². The fourth-order valence-corrected chi connectivity index (χ4v) is 2.57. The second kappa shape index (κ2) is 6.91. The molecule has 0 heterocycles. The minimum atomic E-state index is -0.275. The number of rotatable bonds is 5. The highest BCUT2D eigenvalue weighted by Gasteiger charge is 2.15. The number of hydrogen-bond donors (Lipinski definition) is 1. The van der Waals surface area contributed by atoms with Gasteiger partial charge in [-0.05, 0) is 48.5 Å². The highest BCUT2D eigenvalue weighted by atomic mass is 79.9. The van der Waals surface area contributed by atoms with Crippen molar-refractivity contribution in [2.24, 2.45) is 0 Å². The molecule has 0 spiro atoms. The van der Waals surface area contributed by atoms with Gasteiger partial charge in [-0.25, -0.2) is 4.39 Å². The van der Waals surface area contributed by atoms with Crippen LogP contribution in [0.3, 0.4) is 0 Å². The van der Waals surface area contributed by atoms with Crippen LogP contribution < -0.4 is 14.8 Å². The van der Waals surface area contributed by atoms with Crippen molar-refractivity contribution in [1.82, 2.24) is 5.32 Å². The first kappa shape index (κ1) is 15.8. The van der Waals surface area contributed by atoms with Gasteiger partial charge in [0, 0.05) is 16.6 Å². The zero-order valence-electron chi connectivity index (χ0n) is 12.2. The number of halogens is 2. The van der Waals surface area contributed by atoms with Crippen molar-refractivity contribution in [1.29, 1.82) is 0 Å². The van der Waals surface area contributed by atoms with Crippen molar-refractivity contribution in [2.45, 2.75) is 6.54 Å². The Morgan fingerprint density at radius 2 is 1.71 bits per heavy atom. The third-order valence-electron chi connectivity index (χ3n) is 3.20. The minimum absolute atomic E-state index is 0.275. The molecule has 0 aliphatic heterocycles. The molecule has 2 aromatic carbocycles. The number of nitrogens with one attached hydrogen (secondary N) is 1. The molecule has 1 N–H and O–H groups in total. The van der Waals surface area contributed by atoms with Gasteiger partial charge in [-0.1, -0.05) is 15.9 Å². The fourth-order valence-electron chi connectivity index (χ4n) is 2.21. The lowest BCUT2D eigenvalue weighted by atomic mass is 9.98. The van der Waals surface area contributed by atoms with Gasteiger partial charge in [0.2, 0.25) is 0 Å². The molecular weight excluding hydrogens is 337 g/mol. The third-order valence-corrected chi connectivity index (χ3v) is 3.69. The quantitative estimate of drug-likeness (QED) is 0.881. The number of hydrogen-bond acceptors (Lipinski definition) is 3. The Hall–Kier alpha value is -1.59. The van der Waals surface area contributed by atoms with Gasteiger partial charge in [-0.15, -0.1) is 0 Å². The summed E-state index contributed by atoms with van der Waals surface area (Å²) in [5, 5.41) is 3.09. The van der Waals surface area contributed by atoms with Gasteiger partial charge in [0.15, 0.2) is 11.5 Å². The number of methoxy groups -OCH3 is 2. The summed E-state index contributed by atoms with van der Waals surface area (Å²) in [5.74, 6) is 0.927. The molecule has 0 saturated carbocycles. The zero-order chi connectivity index (χ0) is 15.4. The van der Waals surface area contributed by atoms with Crippen LogP contribution in [0.4, 0.5) is 4.39 Å². The average molecular weight is 354 g/mol. The summed E-state index contributed by atoms with van der Waals surface area (Å²) in [6.07, 6.45) is 0. The molecule has 0 saturated heterocycles. The van der Waals surface area contributed by atoms with Crippen molar-refractivity contribution in [3.63, 3.8) is 0 Å². The summed E-state index contributed by atoms with van der Waals surface area (Å²) in [6, 6.07) is 8.55. The lowest BCUT2D eigenvalue weighted by molar-refractivity contribution is 0.354. The van der Waals surface area contributed by atoms with Gasteiger partial charge in [0.1, 0.15) is 5.82 Å². The molecule has 0 amide bonds. The van der Waals surface area contributed by atoms with Gasteiger partial charge in [-0.2, -0.15) is 0 Å². The Morgan fingerprint density at radius 1 is 1.05 bits per heavy atom. The van der Waals surface area contributed by atoms with E-state index in [0.29, 0.717) is 23.6 Å². The molecule has 0 aromatic heterocycles. The maximum absolute atomic E-state index is 14.2. The molecule has 0 bridgehead atoms. The molecule has 21 heavy (non-hydrogen) atoms. The molecule has 0 atom stereocenters. The van der Waals surface area contributed by atoms with E-state index in [0.717, 1.165) is 15.6 Å². The van der Waals surface area contributed by atoms with Crippen molar-refractivity contribution < 1.29 is 13.9 Å². The first-order chi connectivity index (χ1) is 10.1. The summed E-state index contributed by atoms with van der Waals surface area (Å²) in [4.78, 5) is 0. The average Bonchev–Trinajstić information content (AvgIpc) is 2.49. The van der Waals surface area contributed by atoms with E-state index in [4.69, 9.17) is 9.47 Å². The number of benzene rings is 2. The first-order valence-corrected chi connectivity index (χ1v) is 7.25. The van der Waals surface area contributed by atoms with E-state index >= 15 is 0 Å². The van der Waals surface area contributed by atoms with Crippen molar-refractivity contribution in [3.8, 4) is 22.6 Å². The molecule has 112 valence electrons. The minimum Gasteiger partial charge on any atom is -0.493 e. The first-order valence-electron chi connectivity index (χ1n) is 6.45. The molecular formula is C16H17BrFNO2. The Kier molecular flexibility index (Phi) is 5.20. The highest BCUT2D eigenvalue weighted by Crippen LogP contribution is 2.37. The number of ether oxygens (including phenoxy) is 2. The van der Waals surface area contributed by atoms with Crippen molar-refractivity contribution in [2.75, 3.05) is 21.3 Å². The zero-order valence-corrected chi connectivity index (χ0v) is 13.8. The van der Waals surface area contributed by atoms with Gasteiger partial charge < -0.3 is 14.8 Å². The van der Waals surface area contributed by atoms with E-state index in [2.05, 4.69) is 21.2 Å². The molecule has 2 aromatic rings. The maximum Gasteiger partial charge on any atom is 0.161 e. The van der Waals surface area contributed by atoms with E-state index in [9.17, 15) is 4.39 Å². The van der Waals surface area contributed by atoms with E-state index in [1.165, 1.54) is 6.07 Å². The molecule has 5 heteroatoms.